The molecule has 0 spiro atoms. The molecule has 1 aromatic heterocycles. The summed E-state index contributed by atoms with van der Waals surface area (Å²) in [6.07, 6.45) is 3.68. The van der Waals surface area contributed by atoms with Crippen molar-refractivity contribution in [1.82, 2.24) is 14.8 Å². The predicted molar refractivity (Wildman–Crippen MR) is 68.3 cm³/mol. The lowest BCUT2D eigenvalue weighted by Crippen LogP contribution is -2.31. The van der Waals surface area contributed by atoms with Crippen LogP contribution in [0.4, 0.5) is 4.79 Å². The summed E-state index contributed by atoms with van der Waals surface area (Å²) in [6.45, 7) is 0.949. The molecule has 1 aliphatic heterocycles. The molecule has 0 aliphatic carbocycles. The molecule has 1 aromatic rings. The summed E-state index contributed by atoms with van der Waals surface area (Å²) in [5.41, 5.74) is 0.999. The Balaban J connectivity index is 2.02. The first kappa shape index (κ1) is 13.3. The molecule has 19 heavy (non-hydrogen) atoms. The number of aromatic nitrogens is 1. The van der Waals surface area contributed by atoms with Gasteiger partial charge in [-0.15, -0.1) is 0 Å². The van der Waals surface area contributed by atoms with E-state index < -0.39 is 0 Å². The van der Waals surface area contributed by atoms with E-state index in [1.807, 2.05) is 12.1 Å². The van der Waals surface area contributed by atoms with Crippen molar-refractivity contribution >= 4 is 12.0 Å². The number of urea groups is 1. The molecule has 2 rings (SSSR count). The highest BCUT2D eigenvalue weighted by atomic mass is 16.5. The molecule has 0 radical (unpaired) electrons. The zero-order valence-electron chi connectivity index (χ0n) is 11.1. The Morgan fingerprint density at radius 1 is 1.58 bits per heavy atom. The predicted octanol–water partition coefficient (Wildman–Crippen LogP) is 1.05. The van der Waals surface area contributed by atoms with Gasteiger partial charge in [-0.3, -0.25) is 9.78 Å². The van der Waals surface area contributed by atoms with Crippen LogP contribution in [0.3, 0.4) is 0 Å². The van der Waals surface area contributed by atoms with Crippen LogP contribution in [-0.4, -0.2) is 54.0 Å². The van der Waals surface area contributed by atoms with Crippen molar-refractivity contribution < 1.29 is 14.3 Å². The van der Waals surface area contributed by atoms with Gasteiger partial charge in [0, 0.05) is 32.5 Å². The second kappa shape index (κ2) is 5.69. The Hall–Kier alpha value is -2.11. The fourth-order valence-corrected chi connectivity index (χ4v) is 2.18. The number of rotatable bonds is 4. The number of methoxy groups -OCH3 is 1. The quantitative estimate of drug-likeness (QED) is 0.762. The first-order valence-electron chi connectivity index (χ1n) is 6.12. The minimum atomic E-state index is -0.305. The van der Waals surface area contributed by atoms with Crippen LogP contribution < -0.4 is 0 Å². The molecule has 1 aliphatic rings. The Morgan fingerprint density at radius 3 is 3.00 bits per heavy atom. The van der Waals surface area contributed by atoms with Crippen LogP contribution in [0.25, 0.3) is 0 Å². The lowest BCUT2D eigenvalue weighted by atomic mass is 10.1. The Bertz CT molecular complexity index is 463. The number of pyridine rings is 1. The second-order valence-electron chi connectivity index (χ2n) is 4.47. The molecule has 1 unspecified atom stereocenters. The first-order chi connectivity index (χ1) is 9.13. The van der Waals surface area contributed by atoms with Crippen LogP contribution in [0.2, 0.25) is 0 Å². The fourth-order valence-electron chi connectivity index (χ4n) is 2.18. The number of esters is 1. The molecule has 1 atom stereocenters. The van der Waals surface area contributed by atoms with E-state index in [4.69, 9.17) is 0 Å². The van der Waals surface area contributed by atoms with Gasteiger partial charge in [-0.2, -0.15) is 0 Å². The summed E-state index contributed by atoms with van der Waals surface area (Å²) >= 11 is 0. The van der Waals surface area contributed by atoms with E-state index in [0.717, 1.165) is 5.56 Å². The number of hydrogen-bond donors (Lipinski definition) is 0. The standard InChI is InChI=1S/C13H17N3O3/c1-15-11(10-4-3-6-14-8-10)9-16(13(15)18)7-5-12(17)19-2/h3-4,6,8,11H,5,7,9H2,1-2H3. The van der Waals surface area contributed by atoms with E-state index in [1.165, 1.54) is 7.11 Å². The Morgan fingerprint density at radius 2 is 2.37 bits per heavy atom. The minimum absolute atomic E-state index is 0.0150. The molecule has 6 heteroatoms. The molecule has 2 heterocycles. The number of amides is 2. The lowest BCUT2D eigenvalue weighted by Gasteiger charge is -2.17. The van der Waals surface area contributed by atoms with Crippen LogP contribution in [-0.2, 0) is 9.53 Å². The van der Waals surface area contributed by atoms with E-state index in [9.17, 15) is 9.59 Å². The monoisotopic (exact) mass is 263 g/mol. The SMILES string of the molecule is COC(=O)CCN1CC(c2cccnc2)N(C)C1=O. The average molecular weight is 263 g/mol. The number of hydrogen-bond acceptors (Lipinski definition) is 4. The summed E-state index contributed by atoms with van der Waals surface area (Å²) in [6, 6.07) is 3.72. The first-order valence-corrected chi connectivity index (χ1v) is 6.12. The van der Waals surface area contributed by atoms with E-state index in [2.05, 4.69) is 9.72 Å². The van der Waals surface area contributed by atoms with Gasteiger partial charge in [0.1, 0.15) is 0 Å². The van der Waals surface area contributed by atoms with Gasteiger partial charge < -0.3 is 14.5 Å². The molecule has 1 fully saturated rings. The van der Waals surface area contributed by atoms with Crippen LogP contribution in [0, 0.1) is 0 Å². The van der Waals surface area contributed by atoms with E-state index in [-0.39, 0.29) is 24.5 Å². The van der Waals surface area contributed by atoms with Crippen molar-refractivity contribution in [3.63, 3.8) is 0 Å². The van der Waals surface area contributed by atoms with Crippen LogP contribution in [0.15, 0.2) is 24.5 Å². The van der Waals surface area contributed by atoms with Crippen molar-refractivity contribution in [2.45, 2.75) is 12.5 Å². The molecular formula is C13H17N3O3. The number of ether oxygens (including phenoxy) is 1. The molecule has 102 valence electrons. The maximum atomic E-state index is 12.1. The Kier molecular flexibility index (Phi) is 3.99. The summed E-state index contributed by atoms with van der Waals surface area (Å²) in [7, 11) is 3.11. The maximum Gasteiger partial charge on any atom is 0.320 e. The molecule has 0 saturated carbocycles. The Labute approximate surface area is 112 Å². The summed E-state index contributed by atoms with van der Waals surface area (Å²) < 4.78 is 4.58. The smallest absolute Gasteiger partial charge is 0.320 e. The topological polar surface area (TPSA) is 62.7 Å². The number of nitrogens with zero attached hydrogens (tertiary/aromatic N) is 3. The van der Waals surface area contributed by atoms with Crippen LogP contribution >= 0.6 is 0 Å². The van der Waals surface area contributed by atoms with E-state index in [0.29, 0.717) is 13.1 Å². The summed E-state index contributed by atoms with van der Waals surface area (Å²) in [4.78, 5) is 30.6. The van der Waals surface area contributed by atoms with E-state index >= 15 is 0 Å². The van der Waals surface area contributed by atoms with Gasteiger partial charge in [0.05, 0.1) is 19.6 Å². The third-order valence-corrected chi connectivity index (χ3v) is 3.32. The molecule has 0 bridgehead atoms. The average Bonchev–Trinajstić information content (AvgIpc) is 2.73. The summed E-state index contributed by atoms with van der Waals surface area (Å²) in [5.74, 6) is -0.305. The minimum Gasteiger partial charge on any atom is -0.469 e. The van der Waals surface area contributed by atoms with Crippen molar-refractivity contribution in [1.29, 1.82) is 0 Å². The fraction of sp³-hybridized carbons (Fsp3) is 0.462. The number of likely N-dealkylation sites (N-methyl/N-ethyl adjacent to an activating group) is 1. The zero-order chi connectivity index (χ0) is 13.8. The highest BCUT2D eigenvalue weighted by molar-refractivity contribution is 5.78. The highest BCUT2D eigenvalue weighted by Gasteiger charge is 2.35. The molecule has 2 amide bonds. The highest BCUT2D eigenvalue weighted by Crippen LogP contribution is 2.27. The van der Waals surface area contributed by atoms with Crippen molar-refractivity contribution in [2.75, 3.05) is 27.2 Å². The molecule has 0 aromatic carbocycles. The van der Waals surface area contributed by atoms with Crippen molar-refractivity contribution in [2.24, 2.45) is 0 Å². The van der Waals surface area contributed by atoms with Gasteiger partial charge in [-0.25, -0.2) is 4.79 Å². The molecule has 1 saturated heterocycles. The summed E-state index contributed by atoms with van der Waals surface area (Å²) in [5, 5.41) is 0. The molecule has 6 nitrogen and oxygen atoms in total. The van der Waals surface area contributed by atoms with Gasteiger partial charge in [0.2, 0.25) is 0 Å². The third kappa shape index (κ3) is 2.83. The van der Waals surface area contributed by atoms with Gasteiger partial charge in [-0.1, -0.05) is 6.07 Å². The lowest BCUT2D eigenvalue weighted by molar-refractivity contribution is -0.140. The van der Waals surface area contributed by atoms with Crippen LogP contribution in [0.1, 0.15) is 18.0 Å². The number of carbonyl (C=O) groups is 2. The molecular weight excluding hydrogens is 246 g/mol. The zero-order valence-corrected chi connectivity index (χ0v) is 11.1. The largest absolute Gasteiger partial charge is 0.469 e. The van der Waals surface area contributed by atoms with Gasteiger partial charge in [0.25, 0.3) is 0 Å². The van der Waals surface area contributed by atoms with Gasteiger partial charge in [-0.05, 0) is 11.6 Å². The van der Waals surface area contributed by atoms with E-state index in [1.54, 1.807) is 29.2 Å². The number of carbonyl (C=O) groups excluding carboxylic acids is 2. The van der Waals surface area contributed by atoms with Gasteiger partial charge in [0.15, 0.2) is 0 Å². The maximum absolute atomic E-state index is 12.1. The van der Waals surface area contributed by atoms with Gasteiger partial charge >= 0.3 is 12.0 Å². The third-order valence-electron chi connectivity index (χ3n) is 3.32. The second-order valence-corrected chi connectivity index (χ2v) is 4.47. The van der Waals surface area contributed by atoms with Crippen LogP contribution in [0.5, 0.6) is 0 Å². The normalized spacial score (nSPS) is 18.8. The van der Waals surface area contributed by atoms with Crippen molar-refractivity contribution in [3.05, 3.63) is 30.1 Å². The van der Waals surface area contributed by atoms with Crippen molar-refractivity contribution in [3.8, 4) is 0 Å². The molecule has 0 N–H and O–H groups in total.